The molecule has 1 aromatic heterocycles. The molecule has 0 aromatic carbocycles. The highest BCUT2D eigenvalue weighted by atomic mass is 31.2. The lowest BCUT2D eigenvalue weighted by Gasteiger charge is -2.31. The number of phosphoric acid groups is 1. The van der Waals surface area contributed by atoms with Crippen molar-refractivity contribution < 1.29 is 34.2 Å². The second-order valence-corrected chi connectivity index (χ2v) is 5.62. The van der Waals surface area contributed by atoms with E-state index in [1.165, 1.54) is 0 Å². The van der Waals surface area contributed by atoms with E-state index in [4.69, 9.17) is 11.5 Å². The third-order valence-electron chi connectivity index (χ3n) is 2.64. The highest BCUT2D eigenvalue weighted by molar-refractivity contribution is 7.43. The largest absolute Gasteiger partial charge is 0.790 e. The Hall–Kier alpha value is -1.73. The average Bonchev–Trinajstić information content (AvgIpc) is 2.44. The standard InChI is InChI=1S/C9H18N5O8P/c10-5-7(13-9(11)14-8(5)18)12-1-3(15)6(17)4(16)2-22-23(19,20)21/h3-4,6,15-17H,1-2,10H2,(H2,19,20,21)(H4,11,12,13,14,18)/p-2/t3-,4+,6-/m0/s1. The number of aliphatic hydroxyl groups is 3. The number of H-pyrrole nitrogens is 1. The summed E-state index contributed by atoms with van der Waals surface area (Å²) in [7, 11) is -5.32. The lowest BCUT2D eigenvalue weighted by molar-refractivity contribution is -0.343. The fraction of sp³-hybridized carbons (Fsp3) is 0.556. The third kappa shape index (κ3) is 6.11. The molecule has 0 aliphatic carbocycles. The van der Waals surface area contributed by atoms with Gasteiger partial charge in [0.15, 0.2) is 5.82 Å². The first-order valence-corrected chi connectivity index (χ1v) is 7.57. The van der Waals surface area contributed by atoms with Crippen molar-refractivity contribution in [2.24, 2.45) is 0 Å². The van der Waals surface area contributed by atoms with Crippen molar-refractivity contribution in [3.63, 3.8) is 0 Å². The molecule has 0 fully saturated rings. The Bertz CT molecular complexity index is 633. The van der Waals surface area contributed by atoms with E-state index >= 15 is 0 Å². The fourth-order valence-electron chi connectivity index (χ4n) is 1.48. The van der Waals surface area contributed by atoms with Crippen LogP contribution in [0.15, 0.2) is 4.79 Å². The Labute approximate surface area is 129 Å². The first kappa shape index (κ1) is 19.3. The van der Waals surface area contributed by atoms with Crippen LogP contribution in [0.25, 0.3) is 0 Å². The van der Waals surface area contributed by atoms with E-state index in [9.17, 15) is 34.5 Å². The van der Waals surface area contributed by atoms with Crippen molar-refractivity contribution in [2.75, 3.05) is 29.9 Å². The van der Waals surface area contributed by atoms with Gasteiger partial charge in [-0.2, -0.15) is 4.98 Å². The van der Waals surface area contributed by atoms with Gasteiger partial charge in [-0.1, -0.05) is 0 Å². The summed E-state index contributed by atoms with van der Waals surface area (Å²) in [6, 6.07) is 0. The molecule has 0 radical (unpaired) electrons. The van der Waals surface area contributed by atoms with Crippen molar-refractivity contribution in [3.05, 3.63) is 10.4 Å². The Morgan fingerprint density at radius 1 is 1.30 bits per heavy atom. The molecule has 0 spiro atoms. The minimum absolute atomic E-state index is 0.160. The normalized spacial score (nSPS) is 15.9. The van der Waals surface area contributed by atoms with Gasteiger partial charge in [0.25, 0.3) is 5.56 Å². The number of aromatic nitrogens is 2. The van der Waals surface area contributed by atoms with Gasteiger partial charge < -0.3 is 51.0 Å². The molecule has 1 aromatic rings. The smallest absolute Gasteiger partial charge is 0.277 e. The summed E-state index contributed by atoms with van der Waals surface area (Å²) in [6.45, 7) is -1.45. The van der Waals surface area contributed by atoms with Gasteiger partial charge >= 0.3 is 0 Å². The van der Waals surface area contributed by atoms with Gasteiger partial charge in [-0.15, -0.1) is 0 Å². The van der Waals surface area contributed by atoms with Gasteiger partial charge in [0.05, 0.1) is 20.5 Å². The summed E-state index contributed by atoms with van der Waals surface area (Å²) in [5.41, 5.74) is 9.70. The van der Waals surface area contributed by atoms with Crippen LogP contribution in [0.1, 0.15) is 0 Å². The predicted molar refractivity (Wildman–Crippen MR) is 73.8 cm³/mol. The van der Waals surface area contributed by atoms with Gasteiger partial charge in [0, 0.05) is 6.54 Å². The van der Waals surface area contributed by atoms with E-state index in [0.29, 0.717) is 0 Å². The summed E-state index contributed by atoms with van der Waals surface area (Å²) in [4.78, 5) is 37.6. The van der Waals surface area contributed by atoms with E-state index in [1.807, 2.05) is 0 Å². The number of nitrogens with two attached hydrogens (primary N) is 2. The number of hydrogen-bond acceptors (Lipinski definition) is 12. The Kier molecular flexibility index (Phi) is 6.47. The second-order valence-electron chi connectivity index (χ2n) is 4.46. The van der Waals surface area contributed by atoms with E-state index in [-0.39, 0.29) is 17.5 Å². The molecular weight excluding hydrogens is 337 g/mol. The molecule has 23 heavy (non-hydrogen) atoms. The van der Waals surface area contributed by atoms with Gasteiger partial charge in [-0.3, -0.25) is 9.78 Å². The van der Waals surface area contributed by atoms with Crippen LogP contribution >= 0.6 is 7.82 Å². The highest BCUT2D eigenvalue weighted by Gasteiger charge is 2.25. The molecule has 0 unspecified atom stereocenters. The molecule has 0 aliphatic heterocycles. The van der Waals surface area contributed by atoms with Crippen LogP contribution in [0, 0.1) is 0 Å². The molecule has 1 heterocycles. The number of nitrogen functional groups attached to an aromatic ring is 2. The zero-order valence-electron chi connectivity index (χ0n) is 11.6. The van der Waals surface area contributed by atoms with Crippen molar-refractivity contribution in [3.8, 4) is 0 Å². The monoisotopic (exact) mass is 353 g/mol. The number of rotatable bonds is 8. The minimum Gasteiger partial charge on any atom is -0.790 e. The number of hydrogen-bond donors (Lipinski definition) is 7. The van der Waals surface area contributed by atoms with Crippen LogP contribution in [-0.4, -0.2) is 56.8 Å². The molecule has 0 saturated carbocycles. The van der Waals surface area contributed by atoms with Crippen LogP contribution in [-0.2, 0) is 9.09 Å². The quantitative estimate of drug-likeness (QED) is 0.218. The molecule has 132 valence electrons. The van der Waals surface area contributed by atoms with Crippen LogP contribution in [0.3, 0.4) is 0 Å². The maximum absolute atomic E-state index is 11.3. The molecule has 3 atom stereocenters. The Morgan fingerprint density at radius 3 is 2.48 bits per heavy atom. The zero-order valence-corrected chi connectivity index (χ0v) is 12.5. The molecular formula is C9H16N5O8P-2. The van der Waals surface area contributed by atoms with Gasteiger partial charge in [-0.05, 0) is 0 Å². The number of aromatic amines is 1. The van der Waals surface area contributed by atoms with Gasteiger partial charge in [-0.25, -0.2) is 0 Å². The highest BCUT2D eigenvalue weighted by Crippen LogP contribution is 2.25. The van der Waals surface area contributed by atoms with Crippen LogP contribution < -0.4 is 32.1 Å². The lowest BCUT2D eigenvalue weighted by atomic mass is 10.1. The average molecular weight is 353 g/mol. The van der Waals surface area contributed by atoms with Crippen molar-refractivity contribution in [1.82, 2.24) is 9.97 Å². The molecule has 0 aliphatic rings. The number of anilines is 3. The minimum atomic E-state index is -5.32. The van der Waals surface area contributed by atoms with E-state index in [2.05, 4.69) is 19.8 Å². The SMILES string of the molecule is Nc1nc(NC[C@H](O)[C@H](O)[C@H](O)COP(=O)([O-])[O-])c(N)c(=O)[nH]1. The summed E-state index contributed by atoms with van der Waals surface area (Å²) in [5.74, 6) is -0.399. The molecule has 14 heteroatoms. The molecule has 9 N–H and O–H groups in total. The van der Waals surface area contributed by atoms with E-state index < -0.39 is 44.8 Å². The van der Waals surface area contributed by atoms with Crippen LogP contribution in [0.5, 0.6) is 0 Å². The number of aliphatic hydroxyl groups excluding tert-OH is 3. The number of nitrogens with one attached hydrogen (secondary N) is 2. The Morgan fingerprint density at radius 2 is 1.91 bits per heavy atom. The first-order valence-electron chi connectivity index (χ1n) is 6.11. The topological polar surface area (TPSA) is 243 Å². The van der Waals surface area contributed by atoms with E-state index in [1.54, 1.807) is 0 Å². The van der Waals surface area contributed by atoms with Crippen molar-refractivity contribution in [2.45, 2.75) is 18.3 Å². The lowest BCUT2D eigenvalue weighted by Crippen LogP contribution is -2.43. The summed E-state index contributed by atoms with van der Waals surface area (Å²) in [6.07, 6.45) is -5.33. The molecule has 0 bridgehead atoms. The molecule has 0 amide bonds. The van der Waals surface area contributed by atoms with E-state index in [0.717, 1.165) is 0 Å². The summed E-state index contributed by atoms with van der Waals surface area (Å²) < 4.78 is 14.0. The summed E-state index contributed by atoms with van der Waals surface area (Å²) >= 11 is 0. The Balaban J connectivity index is 2.61. The zero-order chi connectivity index (χ0) is 17.8. The number of phosphoric ester groups is 1. The number of nitrogens with zero attached hydrogens (tertiary/aromatic N) is 1. The maximum Gasteiger partial charge on any atom is 0.277 e. The maximum atomic E-state index is 11.3. The second kappa shape index (κ2) is 7.70. The van der Waals surface area contributed by atoms with Gasteiger partial charge in [0.2, 0.25) is 5.95 Å². The van der Waals surface area contributed by atoms with Crippen LogP contribution in [0.4, 0.5) is 17.5 Å². The third-order valence-corrected chi connectivity index (χ3v) is 3.11. The summed E-state index contributed by atoms with van der Waals surface area (Å²) in [5, 5.41) is 31.1. The van der Waals surface area contributed by atoms with Crippen molar-refractivity contribution in [1.29, 1.82) is 0 Å². The fourth-order valence-corrected chi connectivity index (χ4v) is 1.81. The van der Waals surface area contributed by atoms with Crippen molar-refractivity contribution >= 4 is 25.3 Å². The first-order chi connectivity index (χ1) is 10.5. The molecule has 13 nitrogen and oxygen atoms in total. The van der Waals surface area contributed by atoms with Gasteiger partial charge in [0.1, 0.15) is 17.9 Å². The molecule has 1 rings (SSSR count). The predicted octanol–water partition coefficient (Wildman–Crippen LogP) is -4.73. The van der Waals surface area contributed by atoms with Crippen LogP contribution in [0.2, 0.25) is 0 Å². The molecule has 0 saturated heterocycles.